The van der Waals surface area contributed by atoms with E-state index in [1.807, 2.05) is 32.8 Å². The smallest absolute Gasteiger partial charge is 0.149 e. The number of nitrogens with one attached hydrogen (secondary N) is 1. The average molecular weight is 139 g/mol. The van der Waals surface area contributed by atoms with Crippen LogP contribution in [-0.2, 0) is 0 Å². The molecular weight excluding hydrogens is 126 g/mol. The Hall–Kier alpha value is -0.990. The van der Waals surface area contributed by atoms with Crippen molar-refractivity contribution in [2.24, 2.45) is 0 Å². The number of nitrogens with zero attached hydrogens (tertiary/aromatic N) is 2. The summed E-state index contributed by atoms with van der Waals surface area (Å²) in [6.45, 7) is 3.98. The van der Waals surface area contributed by atoms with Crippen LogP contribution in [0.2, 0.25) is 0 Å². The second-order valence-corrected chi connectivity index (χ2v) is 2.67. The summed E-state index contributed by atoms with van der Waals surface area (Å²) < 4.78 is 0. The molecule has 3 nitrogen and oxygen atoms in total. The number of rotatable bonds is 1. The van der Waals surface area contributed by atoms with Crippen LogP contribution >= 0.6 is 0 Å². The molecule has 0 fully saturated rings. The number of aryl methyl sites for hydroxylation is 2. The molecule has 0 aromatic carbocycles. The molecule has 0 amide bonds. The highest BCUT2D eigenvalue weighted by Crippen LogP contribution is 2.12. The fourth-order valence-electron chi connectivity index (χ4n) is 1.03. The first-order valence-corrected chi connectivity index (χ1v) is 3.32. The van der Waals surface area contributed by atoms with Crippen LogP contribution in [0.5, 0.6) is 0 Å². The van der Waals surface area contributed by atoms with E-state index in [2.05, 4.69) is 9.97 Å². The lowest BCUT2D eigenvalue weighted by molar-refractivity contribution is 1.06. The zero-order chi connectivity index (χ0) is 7.72. The van der Waals surface area contributed by atoms with Gasteiger partial charge in [0.15, 0.2) is 0 Å². The van der Waals surface area contributed by atoms with Gasteiger partial charge < -0.3 is 9.88 Å². The molecule has 0 radical (unpaired) electrons. The van der Waals surface area contributed by atoms with E-state index in [9.17, 15) is 0 Å². The maximum Gasteiger partial charge on any atom is 0.149 e. The van der Waals surface area contributed by atoms with E-state index in [1.54, 1.807) is 0 Å². The Balaban J connectivity index is 3.03. The van der Waals surface area contributed by atoms with Gasteiger partial charge in [-0.05, 0) is 13.8 Å². The Morgan fingerprint density at radius 1 is 1.30 bits per heavy atom. The van der Waals surface area contributed by atoms with Gasteiger partial charge in [-0.25, -0.2) is 4.98 Å². The van der Waals surface area contributed by atoms with Gasteiger partial charge >= 0.3 is 0 Å². The minimum absolute atomic E-state index is 0.973. The molecule has 0 aliphatic rings. The van der Waals surface area contributed by atoms with Gasteiger partial charge in [0, 0.05) is 14.1 Å². The molecule has 0 aliphatic heterocycles. The molecule has 10 heavy (non-hydrogen) atoms. The third-order valence-corrected chi connectivity index (χ3v) is 1.40. The van der Waals surface area contributed by atoms with Gasteiger partial charge in [0.25, 0.3) is 0 Å². The lowest BCUT2D eigenvalue weighted by Gasteiger charge is -2.08. The quantitative estimate of drug-likeness (QED) is 0.631. The van der Waals surface area contributed by atoms with Crippen molar-refractivity contribution < 1.29 is 0 Å². The maximum absolute atomic E-state index is 4.28. The molecule has 1 N–H and O–H groups in total. The van der Waals surface area contributed by atoms with E-state index in [1.165, 1.54) is 0 Å². The number of anilines is 1. The fourth-order valence-corrected chi connectivity index (χ4v) is 1.03. The molecule has 0 bridgehead atoms. The highest BCUT2D eigenvalue weighted by atomic mass is 15.2. The Kier molecular flexibility index (Phi) is 1.66. The van der Waals surface area contributed by atoms with Crippen molar-refractivity contribution in [2.45, 2.75) is 13.8 Å². The summed E-state index contributed by atoms with van der Waals surface area (Å²) in [5.41, 5.74) is 1.13. The summed E-state index contributed by atoms with van der Waals surface area (Å²) in [4.78, 5) is 9.41. The summed E-state index contributed by atoms with van der Waals surface area (Å²) >= 11 is 0. The summed E-state index contributed by atoms with van der Waals surface area (Å²) in [6, 6.07) is 0. The van der Waals surface area contributed by atoms with Crippen molar-refractivity contribution in [1.82, 2.24) is 9.97 Å². The normalized spacial score (nSPS) is 10.0. The predicted octanol–water partition coefficient (Wildman–Crippen LogP) is 1.09. The van der Waals surface area contributed by atoms with E-state index in [4.69, 9.17) is 0 Å². The molecule has 0 saturated carbocycles. The third kappa shape index (κ3) is 1.12. The molecule has 1 aromatic heterocycles. The molecule has 0 aliphatic carbocycles. The minimum Gasteiger partial charge on any atom is -0.361 e. The first-order valence-electron chi connectivity index (χ1n) is 3.32. The van der Waals surface area contributed by atoms with Gasteiger partial charge in [0.2, 0.25) is 0 Å². The standard InChI is InChI=1S/C7H13N3/c1-5-7(10(3)4)9-6(2)8-5/h1-4H3,(H,8,9). The summed E-state index contributed by atoms with van der Waals surface area (Å²) in [5.74, 6) is 2.00. The maximum atomic E-state index is 4.28. The van der Waals surface area contributed by atoms with Gasteiger partial charge in [-0.15, -0.1) is 0 Å². The average Bonchev–Trinajstić information content (AvgIpc) is 2.10. The van der Waals surface area contributed by atoms with Gasteiger partial charge in [-0.2, -0.15) is 0 Å². The first-order chi connectivity index (χ1) is 4.61. The number of hydrogen-bond donors (Lipinski definition) is 1. The summed E-state index contributed by atoms with van der Waals surface area (Å²) in [6.07, 6.45) is 0. The van der Waals surface area contributed by atoms with E-state index in [-0.39, 0.29) is 0 Å². The fraction of sp³-hybridized carbons (Fsp3) is 0.571. The first kappa shape index (κ1) is 7.12. The minimum atomic E-state index is 0.973. The topological polar surface area (TPSA) is 31.9 Å². The second-order valence-electron chi connectivity index (χ2n) is 2.67. The summed E-state index contributed by atoms with van der Waals surface area (Å²) in [5, 5.41) is 0. The largest absolute Gasteiger partial charge is 0.361 e. The second kappa shape index (κ2) is 2.33. The Labute approximate surface area is 61.1 Å². The van der Waals surface area contributed by atoms with Crippen LogP contribution in [-0.4, -0.2) is 24.1 Å². The third-order valence-electron chi connectivity index (χ3n) is 1.40. The van der Waals surface area contributed by atoms with E-state index >= 15 is 0 Å². The van der Waals surface area contributed by atoms with Gasteiger partial charge in [0.05, 0.1) is 5.69 Å². The Bertz CT molecular complexity index is 225. The van der Waals surface area contributed by atoms with Crippen LogP contribution in [0.3, 0.4) is 0 Å². The molecule has 0 unspecified atom stereocenters. The molecule has 0 spiro atoms. The van der Waals surface area contributed by atoms with Gasteiger partial charge in [-0.3, -0.25) is 0 Å². The van der Waals surface area contributed by atoms with Gasteiger partial charge in [0.1, 0.15) is 11.6 Å². The van der Waals surface area contributed by atoms with Crippen LogP contribution in [0.15, 0.2) is 0 Å². The van der Waals surface area contributed by atoms with Crippen LogP contribution in [0, 0.1) is 13.8 Å². The Morgan fingerprint density at radius 3 is 2.10 bits per heavy atom. The van der Waals surface area contributed by atoms with Crippen LogP contribution in [0.4, 0.5) is 5.82 Å². The van der Waals surface area contributed by atoms with Gasteiger partial charge in [-0.1, -0.05) is 0 Å². The molecule has 0 atom stereocenters. The highest BCUT2D eigenvalue weighted by molar-refractivity contribution is 5.41. The molecule has 56 valence electrons. The number of hydrogen-bond acceptors (Lipinski definition) is 2. The van der Waals surface area contributed by atoms with Crippen LogP contribution < -0.4 is 4.90 Å². The number of imidazole rings is 1. The number of aromatic amines is 1. The van der Waals surface area contributed by atoms with E-state index in [0.29, 0.717) is 0 Å². The number of aromatic nitrogens is 2. The van der Waals surface area contributed by atoms with Crippen molar-refractivity contribution in [3.8, 4) is 0 Å². The molecule has 0 saturated heterocycles. The monoisotopic (exact) mass is 139 g/mol. The van der Waals surface area contributed by atoms with Crippen molar-refractivity contribution in [2.75, 3.05) is 19.0 Å². The highest BCUT2D eigenvalue weighted by Gasteiger charge is 2.03. The lowest BCUT2D eigenvalue weighted by Crippen LogP contribution is -2.10. The van der Waals surface area contributed by atoms with E-state index in [0.717, 1.165) is 17.3 Å². The molecule has 3 heteroatoms. The van der Waals surface area contributed by atoms with Crippen LogP contribution in [0.1, 0.15) is 11.5 Å². The lowest BCUT2D eigenvalue weighted by atomic mass is 10.5. The van der Waals surface area contributed by atoms with Crippen molar-refractivity contribution in [3.05, 3.63) is 11.5 Å². The number of H-pyrrole nitrogens is 1. The summed E-state index contributed by atoms with van der Waals surface area (Å²) in [7, 11) is 3.98. The van der Waals surface area contributed by atoms with Crippen LogP contribution in [0.25, 0.3) is 0 Å². The SMILES string of the molecule is Cc1nc(N(C)C)c(C)[nH]1. The Morgan fingerprint density at radius 2 is 1.90 bits per heavy atom. The van der Waals surface area contributed by atoms with Crippen molar-refractivity contribution in [1.29, 1.82) is 0 Å². The zero-order valence-corrected chi connectivity index (χ0v) is 6.89. The molecule has 1 heterocycles. The van der Waals surface area contributed by atoms with E-state index < -0.39 is 0 Å². The zero-order valence-electron chi connectivity index (χ0n) is 6.89. The molecular formula is C7H13N3. The van der Waals surface area contributed by atoms with Crippen molar-refractivity contribution in [3.63, 3.8) is 0 Å². The molecule has 1 aromatic rings. The van der Waals surface area contributed by atoms with Crippen molar-refractivity contribution >= 4 is 5.82 Å². The molecule has 1 rings (SSSR count). The predicted molar refractivity (Wildman–Crippen MR) is 42.4 cm³/mol.